The van der Waals surface area contributed by atoms with E-state index in [-0.39, 0.29) is 24.4 Å². The molecular weight excluding hydrogens is 225 g/mol. The molecule has 0 aromatic heterocycles. The summed E-state index contributed by atoms with van der Waals surface area (Å²) in [5.74, 6) is -1.80. The van der Waals surface area contributed by atoms with Gasteiger partial charge in [-0.3, -0.25) is 9.59 Å². The SMILES string of the molecule is CCN(CCC(=O)O)C(=O)c1cccc(F)c1. The lowest BCUT2D eigenvalue weighted by Crippen LogP contribution is -2.32. The van der Waals surface area contributed by atoms with Crippen molar-refractivity contribution < 1.29 is 19.1 Å². The molecule has 0 saturated carbocycles. The maximum atomic E-state index is 12.9. The second-order valence-corrected chi connectivity index (χ2v) is 3.54. The summed E-state index contributed by atoms with van der Waals surface area (Å²) in [5, 5.41) is 8.56. The molecule has 0 heterocycles. The Balaban J connectivity index is 2.75. The molecule has 92 valence electrons. The van der Waals surface area contributed by atoms with Gasteiger partial charge in [-0.15, -0.1) is 0 Å². The molecule has 0 saturated heterocycles. The van der Waals surface area contributed by atoms with Crippen LogP contribution in [0.15, 0.2) is 24.3 Å². The maximum absolute atomic E-state index is 12.9. The average Bonchev–Trinajstić information content (AvgIpc) is 2.29. The Hall–Kier alpha value is -1.91. The zero-order valence-corrected chi connectivity index (χ0v) is 9.52. The van der Waals surface area contributed by atoms with Crippen molar-refractivity contribution in [3.8, 4) is 0 Å². The molecule has 0 aliphatic rings. The molecule has 0 radical (unpaired) electrons. The van der Waals surface area contributed by atoms with Crippen molar-refractivity contribution in [1.82, 2.24) is 4.90 Å². The number of rotatable bonds is 5. The highest BCUT2D eigenvalue weighted by molar-refractivity contribution is 5.94. The predicted molar refractivity (Wildman–Crippen MR) is 60.2 cm³/mol. The van der Waals surface area contributed by atoms with Crippen LogP contribution in [0.1, 0.15) is 23.7 Å². The van der Waals surface area contributed by atoms with Crippen LogP contribution in [0.5, 0.6) is 0 Å². The molecule has 1 aromatic carbocycles. The van der Waals surface area contributed by atoms with Crippen molar-refractivity contribution in [2.75, 3.05) is 13.1 Å². The van der Waals surface area contributed by atoms with Crippen LogP contribution in [0.25, 0.3) is 0 Å². The highest BCUT2D eigenvalue weighted by atomic mass is 19.1. The third-order valence-electron chi connectivity index (χ3n) is 2.34. The van der Waals surface area contributed by atoms with E-state index in [9.17, 15) is 14.0 Å². The number of carbonyl (C=O) groups is 2. The van der Waals surface area contributed by atoms with Gasteiger partial charge in [0.1, 0.15) is 5.82 Å². The summed E-state index contributed by atoms with van der Waals surface area (Å²) in [5.41, 5.74) is 0.234. The zero-order chi connectivity index (χ0) is 12.8. The maximum Gasteiger partial charge on any atom is 0.305 e. The molecule has 0 unspecified atom stereocenters. The highest BCUT2D eigenvalue weighted by Gasteiger charge is 2.15. The Morgan fingerprint density at radius 2 is 2.12 bits per heavy atom. The summed E-state index contributed by atoms with van der Waals surface area (Å²) < 4.78 is 12.9. The first-order valence-electron chi connectivity index (χ1n) is 5.31. The van der Waals surface area contributed by atoms with E-state index in [0.29, 0.717) is 6.54 Å². The average molecular weight is 239 g/mol. The zero-order valence-electron chi connectivity index (χ0n) is 9.52. The van der Waals surface area contributed by atoms with Gasteiger partial charge in [0, 0.05) is 18.7 Å². The largest absolute Gasteiger partial charge is 0.481 e. The van der Waals surface area contributed by atoms with Crippen LogP contribution >= 0.6 is 0 Å². The summed E-state index contributed by atoms with van der Waals surface area (Å²) in [7, 11) is 0. The van der Waals surface area contributed by atoms with E-state index in [1.807, 2.05) is 0 Å². The topological polar surface area (TPSA) is 57.6 Å². The van der Waals surface area contributed by atoms with Crippen molar-refractivity contribution in [1.29, 1.82) is 0 Å². The van der Waals surface area contributed by atoms with E-state index in [1.165, 1.54) is 23.1 Å². The van der Waals surface area contributed by atoms with Gasteiger partial charge in [-0.1, -0.05) is 6.07 Å². The number of nitrogens with zero attached hydrogens (tertiary/aromatic N) is 1. The summed E-state index contributed by atoms with van der Waals surface area (Å²) in [4.78, 5) is 23.7. The summed E-state index contributed by atoms with van der Waals surface area (Å²) >= 11 is 0. The van der Waals surface area contributed by atoms with E-state index >= 15 is 0 Å². The van der Waals surface area contributed by atoms with Crippen LogP contribution in [0.4, 0.5) is 4.39 Å². The second kappa shape index (κ2) is 5.98. The van der Waals surface area contributed by atoms with Gasteiger partial charge in [0.2, 0.25) is 0 Å². The second-order valence-electron chi connectivity index (χ2n) is 3.54. The minimum atomic E-state index is -0.963. The number of hydrogen-bond donors (Lipinski definition) is 1. The lowest BCUT2D eigenvalue weighted by Gasteiger charge is -2.19. The number of carbonyl (C=O) groups excluding carboxylic acids is 1. The fraction of sp³-hybridized carbons (Fsp3) is 0.333. The van der Waals surface area contributed by atoms with Gasteiger partial charge in [-0.05, 0) is 25.1 Å². The van der Waals surface area contributed by atoms with Crippen LogP contribution in [0.2, 0.25) is 0 Å². The van der Waals surface area contributed by atoms with E-state index < -0.39 is 11.8 Å². The van der Waals surface area contributed by atoms with Crippen molar-refractivity contribution >= 4 is 11.9 Å². The molecule has 0 atom stereocenters. The van der Waals surface area contributed by atoms with Gasteiger partial charge in [0.25, 0.3) is 5.91 Å². The molecule has 1 rings (SSSR count). The normalized spacial score (nSPS) is 10.0. The number of benzene rings is 1. The summed E-state index contributed by atoms with van der Waals surface area (Å²) in [6, 6.07) is 5.36. The smallest absolute Gasteiger partial charge is 0.305 e. The first kappa shape index (κ1) is 13.2. The number of hydrogen-bond acceptors (Lipinski definition) is 2. The minimum Gasteiger partial charge on any atom is -0.481 e. The van der Waals surface area contributed by atoms with Crippen LogP contribution in [0.3, 0.4) is 0 Å². The first-order valence-corrected chi connectivity index (χ1v) is 5.31. The Morgan fingerprint density at radius 1 is 1.41 bits per heavy atom. The van der Waals surface area contributed by atoms with E-state index in [4.69, 9.17) is 5.11 Å². The number of aliphatic carboxylic acids is 1. The van der Waals surface area contributed by atoms with Crippen molar-refractivity contribution in [3.63, 3.8) is 0 Å². The first-order chi connectivity index (χ1) is 8.04. The lowest BCUT2D eigenvalue weighted by atomic mass is 10.2. The van der Waals surface area contributed by atoms with Gasteiger partial charge in [-0.25, -0.2) is 4.39 Å². The number of amides is 1. The Kier molecular flexibility index (Phi) is 4.63. The fourth-order valence-corrected chi connectivity index (χ4v) is 1.44. The molecule has 0 aliphatic carbocycles. The van der Waals surface area contributed by atoms with Gasteiger partial charge in [0.05, 0.1) is 6.42 Å². The van der Waals surface area contributed by atoms with Crippen LogP contribution < -0.4 is 0 Å². The molecule has 1 amide bonds. The number of carboxylic acids is 1. The quantitative estimate of drug-likeness (QED) is 0.851. The number of halogens is 1. The van der Waals surface area contributed by atoms with E-state index in [2.05, 4.69) is 0 Å². The molecule has 0 aliphatic heterocycles. The molecular formula is C12H14FNO3. The van der Waals surface area contributed by atoms with E-state index in [0.717, 1.165) is 6.07 Å². The Bertz CT molecular complexity index is 420. The molecule has 0 spiro atoms. The standard InChI is InChI=1S/C12H14FNO3/c1-2-14(7-6-11(15)16)12(17)9-4-3-5-10(13)8-9/h3-5,8H,2,6-7H2,1H3,(H,15,16). The predicted octanol–water partition coefficient (Wildman–Crippen LogP) is 1.76. The molecule has 5 heteroatoms. The molecule has 1 aromatic rings. The van der Waals surface area contributed by atoms with Gasteiger partial charge in [-0.2, -0.15) is 0 Å². The molecule has 0 bridgehead atoms. The summed E-state index contributed by atoms with van der Waals surface area (Å²) in [6.07, 6.45) is -0.116. The monoisotopic (exact) mass is 239 g/mol. The highest BCUT2D eigenvalue weighted by Crippen LogP contribution is 2.08. The fourth-order valence-electron chi connectivity index (χ4n) is 1.44. The molecule has 0 fully saturated rings. The van der Waals surface area contributed by atoms with Crippen molar-refractivity contribution in [3.05, 3.63) is 35.6 Å². The molecule has 1 N–H and O–H groups in total. The van der Waals surface area contributed by atoms with Gasteiger partial charge < -0.3 is 10.0 Å². The van der Waals surface area contributed by atoms with Crippen LogP contribution in [0, 0.1) is 5.82 Å². The van der Waals surface area contributed by atoms with Crippen molar-refractivity contribution in [2.24, 2.45) is 0 Å². The van der Waals surface area contributed by atoms with Crippen molar-refractivity contribution in [2.45, 2.75) is 13.3 Å². The Labute approximate surface area is 98.7 Å². The molecule has 4 nitrogen and oxygen atoms in total. The van der Waals surface area contributed by atoms with E-state index in [1.54, 1.807) is 6.92 Å². The number of carboxylic acid groups (broad SMARTS) is 1. The van der Waals surface area contributed by atoms with Gasteiger partial charge in [0.15, 0.2) is 0 Å². The Morgan fingerprint density at radius 3 is 2.65 bits per heavy atom. The van der Waals surface area contributed by atoms with Crippen LogP contribution in [-0.2, 0) is 4.79 Å². The third kappa shape index (κ3) is 3.86. The summed E-state index contributed by atoms with van der Waals surface area (Å²) in [6.45, 7) is 2.27. The minimum absolute atomic E-state index is 0.116. The lowest BCUT2D eigenvalue weighted by molar-refractivity contribution is -0.137. The molecule has 17 heavy (non-hydrogen) atoms. The third-order valence-corrected chi connectivity index (χ3v) is 2.34. The van der Waals surface area contributed by atoms with Crippen LogP contribution in [-0.4, -0.2) is 35.0 Å². The van der Waals surface area contributed by atoms with Gasteiger partial charge >= 0.3 is 5.97 Å².